The van der Waals surface area contributed by atoms with Crippen molar-refractivity contribution in [1.29, 1.82) is 0 Å². The van der Waals surface area contributed by atoms with Crippen LogP contribution in [0, 0.1) is 0 Å². The molecule has 0 saturated carbocycles. The van der Waals surface area contributed by atoms with Gasteiger partial charge in [-0.3, -0.25) is 4.79 Å². The normalized spacial score (nSPS) is 16.8. The number of ketones is 1. The van der Waals surface area contributed by atoms with Gasteiger partial charge in [0.2, 0.25) is 0 Å². The Morgan fingerprint density at radius 3 is 1.72 bits per heavy atom. The number of carbonyl (C=O) groups excluding carboxylic acids is 1. The topological polar surface area (TPSA) is 20.3 Å². The van der Waals surface area contributed by atoms with Crippen molar-refractivity contribution < 1.29 is 31.1 Å². The Balaban J connectivity index is 1.89. The highest BCUT2D eigenvalue weighted by Crippen LogP contribution is 2.39. The van der Waals surface area contributed by atoms with E-state index in [-0.39, 0.29) is 17.4 Å². The summed E-state index contributed by atoms with van der Waals surface area (Å²) in [6, 6.07) is 8.62. The number of rotatable bonds is 3. The predicted molar refractivity (Wildman–Crippen MR) is 96.9 cm³/mol. The Morgan fingerprint density at radius 1 is 0.793 bits per heavy atom. The van der Waals surface area contributed by atoms with Crippen LogP contribution in [0.1, 0.15) is 47.9 Å². The number of Topliss-reactive ketones (excluding diaryl/α,β-unsaturated/α-hetero) is 1. The van der Waals surface area contributed by atoms with Gasteiger partial charge in [-0.15, -0.1) is 0 Å². The average molecular weight is 415 g/mol. The van der Waals surface area contributed by atoms with E-state index in [2.05, 4.69) is 0 Å². The molecule has 3 rings (SSSR count). The second-order valence-electron chi connectivity index (χ2n) is 7.18. The summed E-state index contributed by atoms with van der Waals surface area (Å²) < 4.78 is 78.5. The Hall–Kier alpha value is -2.51. The molecular weight excluding hydrogens is 396 g/mol. The number of benzene rings is 2. The number of alkyl halides is 6. The largest absolute Gasteiger partial charge is 0.416 e. The van der Waals surface area contributed by atoms with E-state index in [1.165, 1.54) is 0 Å². The van der Waals surface area contributed by atoms with Crippen LogP contribution in [0.4, 0.5) is 32.0 Å². The third kappa shape index (κ3) is 4.92. The lowest BCUT2D eigenvalue weighted by molar-refractivity contribution is -0.143. The van der Waals surface area contributed by atoms with E-state index in [0.29, 0.717) is 31.5 Å². The summed E-state index contributed by atoms with van der Waals surface area (Å²) in [5.74, 6) is -0.452. The molecule has 2 aromatic carbocycles. The van der Waals surface area contributed by atoms with Gasteiger partial charge in [-0.2, -0.15) is 26.3 Å². The van der Waals surface area contributed by atoms with Crippen molar-refractivity contribution in [2.45, 2.75) is 38.0 Å². The van der Waals surface area contributed by atoms with Crippen LogP contribution in [0.2, 0.25) is 0 Å². The zero-order chi connectivity index (χ0) is 21.4. The molecule has 1 fully saturated rings. The molecule has 0 aliphatic carbocycles. The fraction of sp³-hybridized carbons (Fsp3) is 0.381. The number of carbonyl (C=O) groups is 1. The van der Waals surface area contributed by atoms with Crippen molar-refractivity contribution in [2.24, 2.45) is 0 Å². The highest BCUT2D eigenvalue weighted by atomic mass is 19.4. The van der Waals surface area contributed by atoms with Gasteiger partial charge in [-0.1, -0.05) is 19.1 Å². The van der Waals surface area contributed by atoms with Gasteiger partial charge >= 0.3 is 12.4 Å². The monoisotopic (exact) mass is 415 g/mol. The number of nitrogens with zero attached hydrogens (tertiary/aromatic N) is 1. The molecule has 1 atom stereocenters. The fourth-order valence-electron chi connectivity index (χ4n) is 3.41. The molecule has 156 valence electrons. The molecule has 8 heteroatoms. The zero-order valence-electron chi connectivity index (χ0n) is 15.6. The van der Waals surface area contributed by atoms with Crippen LogP contribution in [0.3, 0.4) is 0 Å². The van der Waals surface area contributed by atoms with E-state index in [9.17, 15) is 31.1 Å². The van der Waals surface area contributed by atoms with Gasteiger partial charge in [0.15, 0.2) is 0 Å². The van der Waals surface area contributed by atoms with Crippen LogP contribution in [0.5, 0.6) is 0 Å². The summed E-state index contributed by atoms with van der Waals surface area (Å²) in [7, 11) is 0. The predicted octanol–water partition coefficient (Wildman–Crippen LogP) is 6.05. The van der Waals surface area contributed by atoms with Crippen LogP contribution in [-0.2, 0) is 17.1 Å². The molecule has 0 radical (unpaired) electrons. The number of anilines is 1. The van der Waals surface area contributed by atoms with Crippen molar-refractivity contribution in [3.63, 3.8) is 0 Å². The maximum Gasteiger partial charge on any atom is 0.416 e. The Labute approximate surface area is 164 Å². The van der Waals surface area contributed by atoms with Gasteiger partial charge in [0, 0.05) is 37.5 Å². The molecule has 2 nitrogen and oxygen atoms in total. The zero-order valence-corrected chi connectivity index (χ0v) is 15.6. The summed E-state index contributed by atoms with van der Waals surface area (Å²) in [6.07, 6.45) is -8.82. The molecular formula is C21H19F6NO. The Morgan fingerprint density at radius 2 is 1.28 bits per heavy atom. The highest BCUT2D eigenvalue weighted by molar-refractivity contribution is 5.81. The lowest BCUT2D eigenvalue weighted by Crippen LogP contribution is -2.33. The standard InChI is InChI=1S/C21H19F6NO/c1-13(14-2-4-18(5-3-14)28-8-6-19(29)7-9-28)15-10-16(20(22,23)24)12-17(11-15)21(25,26)27/h2-5,10-13H,6-9H2,1H3. The fourth-order valence-corrected chi connectivity index (χ4v) is 3.41. The third-order valence-corrected chi connectivity index (χ3v) is 5.19. The summed E-state index contributed by atoms with van der Waals surface area (Å²) in [5, 5.41) is 0. The molecule has 0 aromatic heterocycles. The van der Waals surface area contributed by atoms with Gasteiger partial charge in [-0.25, -0.2) is 0 Å². The Bertz CT molecular complexity index is 843. The van der Waals surface area contributed by atoms with Crippen molar-refractivity contribution in [2.75, 3.05) is 18.0 Å². The minimum atomic E-state index is -4.87. The molecule has 1 saturated heterocycles. The molecule has 1 aliphatic rings. The number of hydrogen-bond donors (Lipinski definition) is 0. The first-order valence-corrected chi connectivity index (χ1v) is 9.11. The summed E-state index contributed by atoms with van der Waals surface area (Å²) in [6.45, 7) is 2.76. The quantitative estimate of drug-likeness (QED) is 0.569. The first-order valence-electron chi connectivity index (χ1n) is 9.11. The van der Waals surface area contributed by atoms with Gasteiger partial charge < -0.3 is 4.90 Å². The molecule has 2 aromatic rings. The molecule has 1 aliphatic heterocycles. The molecule has 1 unspecified atom stereocenters. The van der Waals surface area contributed by atoms with E-state index < -0.39 is 29.4 Å². The smallest absolute Gasteiger partial charge is 0.371 e. The molecule has 0 amide bonds. The summed E-state index contributed by atoms with van der Waals surface area (Å²) in [4.78, 5) is 13.4. The summed E-state index contributed by atoms with van der Waals surface area (Å²) in [5.41, 5.74) is -1.21. The number of hydrogen-bond acceptors (Lipinski definition) is 2. The molecule has 0 N–H and O–H groups in total. The minimum Gasteiger partial charge on any atom is -0.371 e. The van der Waals surface area contributed by atoms with Gasteiger partial charge in [-0.05, 0) is 41.5 Å². The third-order valence-electron chi connectivity index (χ3n) is 5.19. The van der Waals surface area contributed by atoms with Gasteiger partial charge in [0.1, 0.15) is 5.78 Å². The minimum absolute atomic E-state index is 0.0523. The number of halogens is 6. The van der Waals surface area contributed by atoms with Crippen LogP contribution < -0.4 is 4.90 Å². The van der Waals surface area contributed by atoms with E-state index in [1.54, 1.807) is 31.2 Å². The SMILES string of the molecule is CC(c1ccc(N2CCC(=O)CC2)cc1)c1cc(C(F)(F)F)cc(C(F)(F)F)c1. The van der Waals surface area contributed by atoms with Crippen molar-refractivity contribution >= 4 is 11.5 Å². The van der Waals surface area contributed by atoms with Gasteiger partial charge in [0.25, 0.3) is 0 Å². The van der Waals surface area contributed by atoms with Crippen LogP contribution in [0.15, 0.2) is 42.5 Å². The van der Waals surface area contributed by atoms with Crippen molar-refractivity contribution in [3.8, 4) is 0 Å². The second-order valence-corrected chi connectivity index (χ2v) is 7.18. The maximum atomic E-state index is 13.1. The second kappa shape index (κ2) is 7.72. The van der Waals surface area contributed by atoms with Crippen LogP contribution in [-0.4, -0.2) is 18.9 Å². The molecule has 29 heavy (non-hydrogen) atoms. The highest BCUT2D eigenvalue weighted by Gasteiger charge is 2.37. The average Bonchev–Trinajstić information content (AvgIpc) is 2.66. The van der Waals surface area contributed by atoms with Crippen LogP contribution in [0.25, 0.3) is 0 Å². The lowest BCUT2D eigenvalue weighted by Gasteiger charge is -2.28. The van der Waals surface area contributed by atoms with E-state index in [0.717, 1.165) is 17.8 Å². The van der Waals surface area contributed by atoms with E-state index >= 15 is 0 Å². The first kappa shape index (κ1) is 21.2. The molecule has 0 bridgehead atoms. The molecule has 0 spiro atoms. The van der Waals surface area contributed by atoms with Gasteiger partial charge in [0.05, 0.1) is 11.1 Å². The maximum absolute atomic E-state index is 13.1. The van der Waals surface area contributed by atoms with E-state index in [1.807, 2.05) is 4.90 Å². The lowest BCUT2D eigenvalue weighted by atomic mass is 9.90. The van der Waals surface area contributed by atoms with Crippen molar-refractivity contribution in [1.82, 2.24) is 0 Å². The van der Waals surface area contributed by atoms with Crippen molar-refractivity contribution in [3.05, 3.63) is 64.7 Å². The number of piperidine rings is 1. The van der Waals surface area contributed by atoms with E-state index in [4.69, 9.17) is 0 Å². The summed E-state index contributed by atoms with van der Waals surface area (Å²) >= 11 is 0. The first-order chi connectivity index (χ1) is 13.4. The molecule has 1 heterocycles. The van der Waals surface area contributed by atoms with Crippen LogP contribution >= 0.6 is 0 Å². The Kier molecular flexibility index (Phi) is 5.65.